The Morgan fingerprint density at radius 3 is 2.47 bits per heavy atom. The number of hydrogen-bond acceptors (Lipinski definition) is 4. The fraction of sp³-hybridized carbons (Fsp3) is 0.393. The van der Waals surface area contributed by atoms with Crippen molar-refractivity contribution < 1.29 is 17.9 Å². The molecule has 3 aromatic rings. The molecule has 0 spiro atoms. The Labute approximate surface area is 202 Å². The third-order valence-electron chi connectivity index (χ3n) is 6.50. The highest BCUT2D eigenvalue weighted by Gasteiger charge is 2.35. The summed E-state index contributed by atoms with van der Waals surface area (Å²) < 4.78 is 30.3. The molecule has 6 heteroatoms. The number of ether oxygens (including phenoxy) is 1. The van der Waals surface area contributed by atoms with Gasteiger partial charge in [0.05, 0.1) is 18.1 Å². The molecule has 0 N–H and O–H groups in total. The van der Waals surface area contributed by atoms with Gasteiger partial charge < -0.3 is 9.64 Å². The van der Waals surface area contributed by atoms with Gasteiger partial charge in [-0.1, -0.05) is 68.7 Å². The SMILES string of the molecule is CCCCCCOc1ccc(C(=O)N(Cc2cccc3ccccc23)[C@@H]2CCS(=O)(=O)C2)cc1. The summed E-state index contributed by atoms with van der Waals surface area (Å²) in [5, 5.41) is 2.18. The van der Waals surface area contributed by atoms with E-state index in [2.05, 4.69) is 6.92 Å². The Bertz CT molecular complexity index is 1220. The number of benzene rings is 3. The Kier molecular flexibility index (Phi) is 7.88. The highest BCUT2D eigenvalue weighted by atomic mass is 32.2. The molecule has 1 aliphatic heterocycles. The summed E-state index contributed by atoms with van der Waals surface area (Å²) in [4.78, 5) is 15.4. The summed E-state index contributed by atoms with van der Waals surface area (Å²) in [6.07, 6.45) is 5.04. The van der Waals surface area contributed by atoms with Crippen molar-refractivity contribution in [2.24, 2.45) is 0 Å². The van der Waals surface area contributed by atoms with Crippen LogP contribution in [0.1, 0.15) is 54.9 Å². The lowest BCUT2D eigenvalue weighted by molar-refractivity contribution is 0.0682. The predicted octanol–water partition coefficient (Wildman–Crippen LogP) is 5.63. The van der Waals surface area contributed by atoms with E-state index in [-0.39, 0.29) is 23.5 Å². The second-order valence-electron chi connectivity index (χ2n) is 9.06. The zero-order valence-electron chi connectivity index (χ0n) is 19.8. The van der Waals surface area contributed by atoms with E-state index in [1.165, 1.54) is 12.8 Å². The molecule has 0 aliphatic carbocycles. The summed E-state index contributed by atoms with van der Waals surface area (Å²) in [5.41, 5.74) is 1.56. The predicted molar refractivity (Wildman–Crippen MR) is 137 cm³/mol. The van der Waals surface area contributed by atoms with Gasteiger partial charge in [0.2, 0.25) is 0 Å². The molecule has 1 heterocycles. The Morgan fingerprint density at radius 2 is 1.74 bits per heavy atom. The van der Waals surface area contributed by atoms with E-state index >= 15 is 0 Å². The summed E-state index contributed by atoms with van der Waals surface area (Å²) >= 11 is 0. The zero-order valence-corrected chi connectivity index (χ0v) is 20.6. The minimum atomic E-state index is -3.13. The largest absolute Gasteiger partial charge is 0.494 e. The monoisotopic (exact) mass is 479 g/mol. The van der Waals surface area contributed by atoms with Gasteiger partial charge in [-0.25, -0.2) is 8.42 Å². The van der Waals surface area contributed by atoms with Gasteiger partial charge in [0.15, 0.2) is 9.84 Å². The van der Waals surface area contributed by atoms with E-state index in [1.807, 2.05) is 54.6 Å². The molecule has 5 nitrogen and oxygen atoms in total. The number of carbonyl (C=O) groups is 1. The average molecular weight is 480 g/mol. The number of amides is 1. The van der Waals surface area contributed by atoms with Crippen LogP contribution in [0.25, 0.3) is 10.8 Å². The Hall–Kier alpha value is -2.86. The summed E-state index contributed by atoms with van der Waals surface area (Å²) in [6, 6.07) is 21.0. The van der Waals surface area contributed by atoms with Gasteiger partial charge in [0.1, 0.15) is 5.75 Å². The first-order valence-corrected chi connectivity index (χ1v) is 14.0. The minimum Gasteiger partial charge on any atom is -0.494 e. The van der Waals surface area contributed by atoms with Crippen molar-refractivity contribution in [2.45, 2.75) is 51.6 Å². The van der Waals surface area contributed by atoms with Crippen LogP contribution in [0.4, 0.5) is 0 Å². The molecule has 1 aliphatic rings. The van der Waals surface area contributed by atoms with Crippen molar-refractivity contribution in [1.29, 1.82) is 0 Å². The van der Waals surface area contributed by atoms with Gasteiger partial charge >= 0.3 is 0 Å². The maximum Gasteiger partial charge on any atom is 0.254 e. The van der Waals surface area contributed by atoms with Crippen LogP contribution in [0.5, 0.6) is 5.75 Å². The topological polar surface area (TPSA) is 63.7 Å². The Balaban J connectivity index is 1.54. The second-order valence-corrected chi connectivity index (χ2v) is 11.3. The molecule has 1 fully saturated rings. The summed E-state index contributed by atoms with van der Waals surface area (Å²) in [7, 11) is -3.13. The van der Waals surface area contributed by atoms with Gasteiger partial charge in [0.25, 0.3) is 5.91 Å². The number of carbonyl (C=O) groups excluding carboxylic acids is 1. The number of hydrogen-bond donors (Lipinski definition) is 0. The molecule has 0 saturated carbocycles. The van der Waals surface area contributed by atoms with Crippen molar-refractivity contribution in [3.63, 3.8) is 0 Å². The number of sulfone groups is 1. The molecule has 0 aromatic heterocycles. The molecule has 1 atom stereocenters. The number of rotatable bonds is 10. The smallest absolute Gasteiger partial charge is 0.254 e. The molecule has 34 heavy (non-hydrogen) atoms. The van der Waals surface area contributed by atoms with Gasteiger partial charge in [-0.05, 0) is 53.4 Å². The van der Waals surface area contributed by atoms with Crippen LogP contribution in [0.3, 0.4) is 0 Å². The van der Waals surface area contributed by atoms with E-state index in [4.69, 9.17) is 4.74 Å². The summed E-state index contributed by atoms with van der Waals surface area (Å²) in [6.45, 7) is 3.22. The zero-order chi connectivity index (χ0) is 24.0. The average Bonchev–Trinajstić information content (AvgIpc) is 3.21. The van der Waals surface area contributed by atoms with Crippen LogP contribution in [-0.2, 0) is 16.4 Å². The van der Waals surface area contributed by atoms with Gasteiger partial charge in [-0.15, -0.1) is 0 Å². The molecule has 1 saturated heterocycles. The van der Waals surface area contributed by atoms with E-state index < -0.39 is 9.84 Å². The normalized spacial score (nSPS) is 17.0. The number of unbranched alkanes of at least 4 members (excludes halogenated alkanes) is 3. The first-order chi connectivity index (χ1) is 16.5. The highest BCUT2D eigenvalue weighted by Crippen LogP contribution is 2.26. The van der Waals surface area contributed by atoms with E-state index in [1.54, 1.807) is 17.0 Å². The lowest BCUT2D eigenvalue weighted by atomic mass is 10.0. The quantitative estimate of drug-likeness (QED) is 0.354. The molecule has 180 valence electrons. The second kappa shape index (κ2) is 11.0. The van der Waals surface area contributed by atoms with E-state index in [0.29, 0.717) is 25.1 Å². The summed E-state index contributed by atoms with van der Waals surface area (Å²) in [5.74, 6) is 0.742. The molecule has 3 aromatic carbocycles. The molecule has 4 rings (SSSR count). The fourth-order valence-electron chi connectivity index (χ4n) is 4.58. The Morgan fingerprint density at radius 1 is 0.971 bits per heavy atom. The molecule has 0 unspecified atom stereocenters. The lowest BCUT2D eigenvalue weighted by Gasteiger charge is -2.29. The third-order valence-corrected chi connectivity index (χ3v) is 8.25. The van der Waals surface area contributed by atoms with Crippen LogP contribution in [-0.4, -0.2) is 43.4 Å². The number of fused-ring (bicyclic) bond motifs is 1. The fourth-order valence-corrected chi connectivity index (χ4v) is 6.31. The van der Waals surface area contributed by atoms with Gasteiger partial charge in [-0.2, -0.15) is 0 Å². The highest BCUT2D eigenvalue weighted by molar-refractivity contribution is 7.91. The molecule has 1 amide bonds. The standard InChI is InChI=1S/C28H33NO4S/c1-2-3-4-7-18-33-26-15-13-23(14-16-26)28(30)29(25-17-19-34(31,32)21-25)20-24-11-8-10-22-9-5-6-12-27(22)24/h5-6,8-16,25H,2-4,7,17-21H2,1H3/t25-/m1/s1. The first-order valence-electron chi connectivity index (χ1n) is 12.2. The van der Waals surface area contributed by atoms with Crippen LogP contribution in [0, 0.1) is 0 Å². The van der Waals surface area contributed by atoms with Crippen LogP contribution in [0.15, 0.2) is 66.7 Å². The van der Waals surface area contributed by atoms with Crippen LogP contribution >= 0.6 is 0 Å². The van der Waals surface area contributed by atoms with Crippen molar-refractivity contribution in [3.8, 4) is 5.75 Å². The molecular formula is C28H33NO4S. The maximum atomic E-state index is 13.6. The third kappa shape index (κ3) is 5.98. The van der Waals surface area contributed by atoms with Crippen molar-refractivity contribution >= 4 is 26.5 Å². The number of nitrogens with zero attached hydrogens (tertiary/aromatic N) is 1. The van der Waals surface area contributed by atoms with Crippen molar-refractivity contribution in [1.82, 2.24) is 4.90 Å². The molecule has 0 radical (unpaired) electrons. The first kappa shape index (κ1) is 24.3. The molecule has 0 bridgehead atoms. The maximum absolute atomic E-state index is 13.6. The van der Waals surface area contributed by atoms with E-state index in [0.717, 1.165) is 34.9 Å². The minimum absolute atomic E-state index is 0.0163. The molecular weight excluding hydrogens is 446 g/mol. The van der Waals surface area contributed by atoms with Crippen molar-refractivity contribution in [2.75, 3.05) is 18.1 Å². The van der Waals surface area contributed by atoms with Gasteiger partial charge in [-0.3, -0.25) is 4.79 Å². The van der Waals surface area contributed by atoms with E-state index in [9.17, 15) is 13.2 Å². The van der Waals surface area contributed by atoms with Crippen LogP contribution < -0.4 is 4.74 Å². The van der Waals surface area contributed by atoms with Crippen LogP contribution in [0.2, 0.25) is 0 Å². The lowest BCUT2D eigenvalue weighted by Crippen LogP contribution is -2.40. The van der Waals surface area contributed by atoms with Crippen molar-refractivity contribution in [3.05, 3.63) is 77.9 Å². The van der Waals surface area contributed by atoms with Gasteiger partial charge in [0, 0.05) is 18.2 Å².